The van der Waals surface area contributed by atoms with Crippen LogP contribution < -0.4 is 0 Å². The van der Waals surface area contributed by atoms with E-state index in [0.717, 1.165) is 49.8 Å². The van der Waals surface area contributed by atoms with Gasteiger partial charge in [-0.05, 0) is 59.3 Å². The summed E-state index contributed by atoms with van der Waals surface area (Å²) in [5.74, 6) is 1.54. The number of aryl methyl sites for hydroxylation is 1. The highest BCUT2D eigenvalue weighted by Crippen LogP contribution is 2.22. The molecule has 0 spiro atoms. The standard InChI is InChI=1S/C19H28N6/c1-15-20-9-17(10-21-15)13-25-6-4-16(5-7-25)8-18-11-23-19(12-22-18)14-24(2)3/h9-12,16H,4-8,13-14H2,1-3H3. The van der Waals surface area contributed by atoms with Crippen LogP contribution in [-0.4, -0.2) is 56.9 Å². The van der Waals surface area contributed by atoms with E-state index in [2.05, 4.69) is 29.7 Å². The average Bonchev–Trinajstić information content (AvgIpc) is 2.60. The van der Waals surface area contributed by atoms with Gasteiger partial charge in [0.05, 0.1) is 17.6 Å². The number of likely N-dealkylation sites (tertiary alicyclic amines) is 1. The normalized spacial score (nSPS) is 16.5. The molecular weight excluding hydrogens is 312 g/mol. The van der Waals surface area contributed by atoms with E-state index in [1.807, 2.05) is 45.8 Å². The maximum absolute atomic E-state index is 4.60. The fourth-order valence-electron chi connectivity index (χ4n) is 3.30. The number of piperidine rings is 1. The SMILES string of the molecule is Cc1ncc(CN2CCC(Cc3cnc(CN(C)C)cn3)CC2)cn1. The van der Waals surface area contributed by atoms with E-state index in [1.165, 1.54) is 18.4 Å². The van der Waals surface area contributed by atoms with Crippen LogP contribution in [0.1, 0.15) is 35.6 Å². The lowest BCUT2D eigenvalue weighted by molar-refractivity contribution is 0.176. The van der Waals surface area contributed by atoms with Gasteiger partial charge in [0.1, 0.15) is 5.82 Å². The first-order valence-corrected chi connectivity index (χ1v) is 9.03. The molecule has 0 unspecified atom stereocenters. The summed E-state index contributed by atoms with van der Waals surface area (Å²) in [7, 11) is 4.10. The van der Waals surface area contributed by atoms with Crippen molar-refractivity contribution in [3.63, 3.8) is 0 Å². The third-order valence-electron chi connectivity index (χ3n) is 4.68. The lowest BCUT2D eigenvalue weighted by Crippen LogP contribution is -2.34. The van der Waals surface area contributed by atoms with E-state index in [0.29, 0.717) is 5.92 Å². The van der Waals surface area contributed by atoms with E-state index in [9.17, 15) is 0 Å². The predicted octanol–water partition coefficient (Wildman–Crippen LogP) is 2.09. The van der Waals surface area contributed by atoms with Gasteiger partial charge in [0, 0.05) is 37.2 Å². The summed E-state index contributed by atoms with van der Waals surface area (Å²) in [4.78, 5) is 22.3. The Labute approximate surface area is 150 Å². The fraction of sp³-hybridized carbons (Fsp3) is 0.579. The molecule has 2 aromatic rings. The van der Waals surface area contributed by atoms with Crippen molar-refractivity contribution in [2.24, 2.45) is 5.92 Å². The molecular formula is C19H28N6. The highest BCUT2D eigenvalue weighted by Gasteiger charge is 2.20. The third kappa shape index (κ3) is 5.54. The van der Waals surface area contributed by atoms with Gasteiger partial charge in [-0.15, -0.1) is 0 Å². The molecule has 1 aliphatic rings. The highest BCUT2D eigenvalue weighted by atomic mass is 15.1. The quantitative estimate of drug-likeness (QED) is 0.802. The second-order valence-corrected chi connectivity index (χ2v) is 7.30. The summed E-state index contributed by atoms with van der Waals surface area (Å²) in [6, 6.07) is 0. The van der Waals surface area contributed by atoms with Crippen molar-refractivity contribution in [2.45, 2.75) is 39.3 Å². The number of rotatable bonds is 6. The Morgan fingerprint density at radius 1 is 0.960 bits per heavy atom. The van der Waals surface area contributed by atoms with Crippen molar-refractivity contribution >= 4 is 0 Å². The van der Waals surface area contributed by atoms with Gasteiger partial charge in [-0.3, -0.25) is 14.9 Å². The lowest BCUT2D eigenvalue weighted by atomic mass is 9.92. The number of nitrogens with zero attached hydrogens (tertiary/aromatic N) is 6. The Hall–Kier alpha value is -1.92. The number of hydrogen-bond donors (Lipinski definition) is 0. The van der Waals surface area contributed by atoms with Crippen LogP contribution in [0.5, 0.6) is 0 Å². The van der Waals surface area contributed by atoms with Crippen LogP contribution in [0.4, 0.5) is 0 Å². The summed E-state index contributed by atoms with van der Waals surface area (Å²) in [6.45, 7) is 5.97. The zero-order chi connectivity index (χ0) is 17.6. The van der Waals surface area contributed by atoms with Crippen molar-refractivity contribution < 1.29 is 0 Å². The molecule has 0 bridgehead atoms. The van der Waals surface area contributed by atoms with Gasteiger partial charge >= 0.3 is 0 Å². The maximum Gasteiger partial charge on any atom is 0.125 e. The van der Waals surface area contributed by atoms with Crippen molar-refractivity contribution in [3.05, 3.63) is 47.6 Å². The first kappa shape index (κ1) is 17.9. The Kier molecular flexibility index (Phi) is 6.04. The van der Waals surface area contributed by atoms with Gasteiger partial charge in [-0.25, -0.2) is 9.97 Å². The number of hydrogen-bond acceptors (Lipinski definition) is 6. The predicted molar refractivity (Wildman–Crippen MR) is 97.9 cm³/mol. The van der Waals surface area contributed by atoms with Gasteiger partial charge in [0.2, 0.25) is 0 Å². The molecule has 25 heavy (non-hydrogen) atoms. The molecule has 6 heteroatoms. The summed E-state index contributed by atoms with van der Waals surface area (Å²) in [5, 5.41) is 0. The van der Waals surface area contributed by atoms with E-state index in [4.69, 9.17) is 0 Å². The molecule has 3 rings (SSSR count). The molecule has 1 aliphatic heterocycles. The summed E-state index contributed by atoms with van der Waals surface area (Å²) in [6.07, 6.45) is 11.2. The van der Waals surface area contributed by atoms with Crippen LogP contribution in [0, 0.1) is 12.8 Å². The molecule has 1 saturated heterocycles. The van der Waals surface area contributed by atoms with E-state index in [-0.39, 0.29) is 0 Å². The van der Waals surface area contributed by atoms with Crippen LogP contribution in [0.2, 0.25) is 0 Å². The van der Waals surface area contributed by atoms with Gasteiger partial charge in [-0.1, -0.05) is 0 Å². The minimum atomic E-state index is 0.708. The van der Waals surface area contributed by atoms with Crippen LogP contribution in [0.3, 0.4) is 0 Å². The van der Waals surface area contributed by atoms with Crippen molar-refractivity contribution in [2.75, 3.05) is 27.2 Å². The van der Waals surface area contributed by atoms with Crippen molar-refractivity contribution in [1.82, 2.24) is 29.7 Å². The molecule has 0 aromatic carbocycles. The molecule has 6 nitrogen and oxygen atoms in total. The van der Waals surface area contributed by atoms with Crippen LogP contribution >= 0.6 is 0 Å². The van der Waals surface area contributed by atoms with E-state index >= 15 is 0 Å². The zero-order valence-electron chi connectivity index (χ0n) is 15.5. The Morgan fingerprint density at radius 3 is 2.20 bits per heavy atom. The average molecular weight is 340 g/mol. The number of aromatic nitrogens is 4. The highest BCUT2D eigenvalue weighted by molar-refractivity contribution is 5.06. The Morgan fingerprint density at radius 2 is 1.60 bits per heavy atom. The lowest BCUT2D eigenvalue weighted by Gasteiger charge is -2.31. The molecule has 0 amide bonds. The molecule has 2 aromatic heterocycles. The fourth-order valence-corrected chi connectivity index (χ4v) is 3.30. The summed E-state index contributed by atoms with van der Waals surface area (Å²) in [5.41, 5.74) is 3.35. The maximum atomic E-state index is 4.60. The Balaban J connectivity index is 1.45. The molecule has 1 fully saturated rings. The molecule has 0 atom stereocenters. The molecule has 134 valence electrons. The summed E-state index contributed by atoms with van der Waals surface area (Å²) >= 11 is 0. The first-order valence-electron chi connectivity index (χ1n) is 9.03. The van der Waals surface area contributed by atoms with Gasteiger partial charge in [-0.2, -0.15) is 0 Å². The smallest absolute Gasteiger partial charge is 0.125 e. The monoisotopic (exact) mass is 340 g/mol. The molecule has 0 aliphatic carbocycles. The topological polar surface area (TPSA) is 58.0 Å². The van der Waals surface area contributed by atoms with Gasteiger partial charge in [0.25, 0.3) is 0 Å². The second kappa shape index (κ2) is 8.45. The zero-order valence-corrected chi connectivity index (χ0v) is 15.5. The largest absolute Gasteiger partial charge is 0.304 e. The van der Waals surface area contributed by atoms with Crippen LogP contribution in [0.15, 0.2) is 24.8 Å². The van der Waals surface area contributed by atoms with Crippen molar-refractivity contribution in [3.8, 4) is 0 Å². The van der Waals surface area contributed by atoms with Crippen LogP contribution in [-0.2, 0) is 19.5 Å². The van der Waals surface area contributed by atoms with Crippen molar-refractivity contribution in [1.29, 1.82) is 0 Å². The Bertz CT molecular complexity index is 645. The molecule has 3 heterocycles. The van der Waals surface area contributed by atoms with Gasteiger partial charge in [0.15, 0.2) is 0 Å². The van der Waals surface area contributed by atoms with E-state index < -0.39 is 0 Å². The van der Waals surface area contributed by atoms with Crippen LogP contribution in [0.25, 0.3) is 0 Å². The van der Waals surface area contributed by atoms with Gasteiger partial charge < -0.3 is 4.90 Å². The molecule has 0 N–H and O–H groups in total. The van der Waals surface area contributed by atoms with E-state index in [1.54, 1.807) is 0 Å². The molecule has 0 radical (unpaired) electrons. The minimum Gasteiger partial charge on any atom is -0.304 e. The first-order chi connectivity index (χ1) is 12.1. The minimum absolute atomic E-state index is 0.708. The molecule has 0 saturated carbocycles. The second-order valence-electron chi connectivity index (χ2n) is 7.30. The third-order valence-corrected chi connectivity index (χ3v) is 4.68. The summed E-state index contributed by atoms with van der Waals surface area (Å²) < 4.78 is 0.